The second-order valence-corrected chi connectivity index (χ2v) is 50.1. The van der Waals surface area contributed by atoms with Gasteiger partial charge in [-0.2, -0.15) is 4.98 Å². The predicted octanol–water partition coefficient (Wildman–Crippen LogP) is 5.33. The molecule has 4 unspecified atom stereocenters. The number of imidazole rings is 2. The quantitative estimate of drug-likeness (QED) is 0.113. The van der Waals surface area contributed by atoms with Crippen LogP contribution >= 0.6 is 15.4 Å². The van der Waals surface area contributed by atoms with E-state index in [9.17, 15) is 28.4 Å². The number of fused-ring (bicyclic) bond motifs is 6. The van der Waals surface area contributed by atoms with Gasteiger partial charge in [-0.3, -0.25) is 47.4 Å². The Morgan fingerprint density at radius 3 is 1.96 bits per heavy atom. The summed E-state index contributed by atoms with van der Waals surface area (Å²) in [4.78, 5) is 74.7. The van der Waals surface area contributed by atoms with Crippen LogP contribution in [0.5, 0.6) is 0 Å². The molecule has 2 amide bonds. The molecule has 3 aliphatic rings. The van der Waals surface area contributed by atoms with Crippen molar-refractivity contribution < 1.29 is 55.6 Å². The summed E-state index contributed by atoms with van der Waals surface area (Å²) >= 11 is 9.45. The maximum Gasteiger partial charge on any atom is 0.472 e. The lowest BCUT2D eigenvalue weighted by molar-refractivity contribution is -0.118. The average molecular weight is 1440 g/mol. The molecule has 41 heteroatoms. The number of benzene rings is 1. The van der Waals surface area contributed by atoms with E-state index in [1.165, 1.54) is 52.5 Å². The summed E-state index contributed by atoms with van der Waals surface area (Å²) in [6.07, 6.45) is -4.33. The highest BCUT2D eigenvalue weighted by atomic mass is 33.5. The summed E-state index contributed by atoms with van der Waals surface area (Å²) in [5.74, 6) is -1.99. The van der Waals surface area contributed by atoms with Gasteiger partial charge in [0.05, 0.1) is 32.0 Å². The van der Waals surface area contributed by atoms with Crippen molar-refractivity contribution in [2.75, 3.05) is 30.5 Å². The summed E-state index contributed by atoms with van der Waals surface area (Å²) in [5.41, 5.74) is 0.0140. The number of hydrogen-bond donors (Lipinski definition) is 4. The Bertz CT molecular complexity index is 3870. The summed E-state index contributed by atoms with van der Waals surface area (Å²) in [5, 5.41) is 4.97. The molecule has 4 aromatic heterocycles. The number of carbonyl (C=O) groups is 2. The topological polar surface area (TPSA) is 284 Å². The van der Waals surface area contributed by atoms with Gasteiger partial charge in [-0.25, -0.2) is 24.5 Å². The number of aromatic nitrogens is 8. The molecule has 4 bridgehead atoms. The van der Waals surface area contributed by atoms with Gasteiger partial charge in [-0.15, -0.1) is 0 Å². The number of aromatic amines is 1. The summed E-state index contributed by atoms with van der Waals surface area (Å²) < 4.78 is 75.8. The molecule has 4 N–H and O–H groups in total. The molecule has 1 aromatic carbocycles. The molecule has 0 aliphatic carbocycles. The molecule has 3 fully saturated rings. The van der Waals surface area contributed by atoms with Crippen LogP contribution in [0.15, 0.2) is 54.1 Å². The Morgan fingerprint density at radius 2 is 1.36 bits per heavy atom. The van der Waals surface area contributed by atoms with Gasteiger partial charge >= 0.3 is 15.4 Å². The smallest absolute Gasteiger partial charge is 0.408 e. The molecule has 23 nitrogen and oxygen atoms in total. The number of nitrogens with one attached hydrogen (secondary N) is 3. The zero-order valence-corrected chi connectivity index (χ0v) is 58.3. The van der Waals surface area contributed by atoms with Crippen LogP contribution in [0, 0.1) is 11.8 Å². The van der Waals surface area contributed by atoms with Crippen LogP contribution in [0.2, 0.25) is 18.1 Å². The molecule has 7 heterocycles. The third-order valence-electron chi connectivity index (χ3n) is 12.4. The van der Waals surface area contributed by atoms with Crippen LogP contribution in [0.3, 0.4) is 0 Å². The van der Waals surface area contributed by atoms with Gasteiger partial charge in [0, 0.05) is 162 Å². The molecule has 5 aromatic rings. The van der Waals surface area contributed by atoms with E-state index in [-0.39, 0.29) is 39.1 Å². The Labute approximate surface area is 506 Å². The zero-order valence-electron chi connectivity index (χ0n) is 43.2. The number of hydrogen-bond acceptors (Lipinski definition) is 19. The third-order valence-corrected chi connectivity index (χ3v) is 45.7. The molecule has 3 saturated heterocycles. The monoisotopic (exact) mass is 1440 g/mol. The van der Waals surface area contributed by atoms with Crippen molar-refractivity contribution in [3.05, 3.63) is 65.2 Å². The Hall–Kier alpha value is -1.28. The lowest BCUT2D eigenvalue weighted by Gasteiger charge is -2.40. The maximum absolute atomic E-state index is 14.5. The van der Waals surface area contributed by atoms with E-state index in [1.807, 2.05) is 33.9 Å². The van der Waals surface area contributed by atoms with E-state index >= 15 is 0 Å². The van der Waals surface area contributed by atoms with Gasteiger partial charge in [0.25, 0.3) is 11.5 Å². The fourth-order valence-electron chi connectivity index (χ4n) is 7.52. The van der Waals surface area contributed by atoms with Gasteiger partial charge in [0.2, 0.25) is 11.9 Å². The van der Waals surface area contributed by atoms with Gasteiger partial charge in [-0.05, 0) is 30.3 Å². The highest BCUT2D eigenvalue weighted by Gasteiger charge is 2.56. The van der Waals surface area contributed by atoms with Crippen molar-refractivity contribution >= 4 is 207 Å². The Balaban J connectivity index is 0.000000539. The van der Waals surface area contributed by atoms with Crippen LogP contribution in [-0.4, -0.2) is 114 Å². The van der Waals surface area contributed by atoms with Crippen LogP contribution in [0.25, 0.3) is 22.3 Å². The van der Waals surface area contributed by atoms with Crippen molar-refractivity contribution in [3.63, 3.8) is 0 Å². The largest absolute Gasteiger partial charge is 0.472 e. The predicted molar refractivity (Wildman–Crippen MR) is 346 cm³/mol. The third kappa shape index (κ3) is 17.5. The molecule has 440 valence electrons. The molecule has 80 heavy (non-hydrogen) atoms. The van der Waals surface area contributed by atoms with Crippen LogP contribution in [0.1, 0.15) is 64.4 Å². The average Bonchev–Trinajstić information content (AvgIpc) is 4.40. The molecule has 0 saturated carbocycles. The number of nitrogens with zero attached hydrogens (tertiary/aromatic N) is 7. The fourth-order valence-corrected chi connectivity index (χ4v) is 41.2. The second kappa shape index (κ2) is 29.9. The molecule has 10 atom stereocenters. The van der Waals surface area contributed by atoms with E-state index in [0.29, 0.717) is 5.56 Å². The van der Waals surface area contributed by atoms with Gasteiger partial charge in [-0.1, -0.05) is 59.7 Å². The molecular weight excluding hydrogens is 1390 g/mol. The minimum Gasteiger partial charge on any atom is -0.408 e. The van der Waals surface area contributed by atoms with Crippen LogP contribution < -0.4 is 16.2 Å². The highest BCUT2D eigenvalue weighted by Crippen LogP contribution is 2.56. The Morgan fingerprint density at radius 1 is 0.800 bits per heavy atom. The fraction of sp³-hybridized carbons (Fsp3) is 0.538. The number of amides is 2. The lowest BCUT2D eigenvalue weighted by atomic mass is 10.0. The van der Waals surface area contributed by atoms with Gasteiger partial charge in [0.15, 0.2) is 48.9 Å². The minimum absolute atomic E-state index is 0.00599. The van der Waals surface area contributed by atoms with Crippen molar-refractivity contribution in [3.8, 4) is 0 Å². The number of ether oxygens (including phenoxy) is 2. The van der Waals surface area contributed by atoms with E-state index in [1.54, 1.807) is 149 Å². The highest BCUT2D eigenvalue weighted by molar-refractivity contribution is 8.76. The van der Waals surface area contributed by atoms with Gasteiger partial charge < -0.3 is 33.2 Å². The number of anilines is 2. The molecular formula is C39H52N10O13P2S15Si. The molecule has 8 rings (SSSR count). The van der Waals surface area contributed by atoms with E-state index in [0.717, 1.165) is 0 Å². The standard InChI is InChI=1S/C39H52N10O13P2Si.S15/c1-20(2)33(50)46-38-45-32-26(35(52)47-38)43-19-49(32)36-27-21(3)23(58-36)15-57-64(54,55)61-29-28(62-65(8,9)39(4,5)6)24(16-56-63(7,53)60-27)59-37(29)48-18-42-25-30(40-17-41-31(25)48)44-34(51)22-13-11-10-12-14-22;1-3-5-7-9-11-13-15-14-12-10-8-6-4-2/h10-14,17-21,23-24,27-29,36-37H,15-16H2,1-9H3,(H,54,55)(H,40,41,44,51)(H2,45,46,47,50,52);/t21?,23-,24-,27+,28+,29?,36-,37-,63?;/m1./s1. The summed E-state index contributed by atoms with van der Waals surface area (Å²) in [6, 6.07) is 8.53. The Kier molecular flexibility index (Phi) is 24.7. The number of rotatable bonds is 8. The van der Waals surface area contributed by atoms with Crippen molar-refractivity contribution in [1.29, 1.82) is 0 Å². The van der Waals surface area contributed by atoms with Crippen LogP contribution in [-0.2, 0) is 184 Å². The second-order valence-electron chi connectivity index (χ2n) is 18.9. The van der Waals surface area contributed by atoms with E-state index < -0.39 is 109 Å². The number of H-pyrrole nitrogens is 1. The summed E-state index contributed by atoms with van der Waals surface area (Å²) in [7, 11) is 9.82. The van der Waals surface area contributed by atoms with E-state index in [4.69, 9.17) is 54.4 Å². The molecule has 0 radical (unpaired) electrons. The van der Waals surface area contributed by atoms with Crippen LogP contribution in [0.4, 0.5) is 11.8 Å². The van der Waals surface area contributed by atoms with Crippen molar-refractivity contribution in [2.45, 2.75) is 103 Å². The van der Waals surface area contributed by atoms with E-state index in [2.05, 4.69) is 40.5 Å². The lowest BCUT2D eigenvalue weighted by Crippen LogP contribution is -2.50. The van der Waals surface area contributed by atoms with Crippen molar-refractivity contribution in [1.82, 2.24) is 39.0 Å². The first-order valence-electron chi connectivity index (χ1n) is 23.2. The zero-order chi connectivity index (χ0) is 58.0. The number of phosphoric acid groups is 1. The number of carbonyl (C=O) groups excluding carboxylic acids is 2. The molecule has 0 spiro atoms. The number of phosphoric ester groups is 1. The first kappa shape index (κ1) is 66.2. The van der Waals surface area contributed by atoms with Gasteiger partial charge in [0.1, 0.15) is 30.7 Å². The minimum atomic E-state index is -5.05. The first-order valence-corrected chi connectivity index (χ1v) is 48.3. The normalized spacial score (nSPS) is 25.8. The maximum atomic E-state index is 14.5. The van der Waals surface area contributed by atoms with Crippen molar-refractivity contribution in [2.24, 2.45) is 11.8 Å². The summed E-state index contributed by atoms with van der Waals surface area (Å²) in [6.45, 7) is 15.4. The molecule has 3 aliphatic heterocycles. The first-order chi connectivity index (χ1) is 37.9. The SMILES string of the molecule is CC(C)C(=O)Nc1nc2c(ncn2[C@@H]2O[C@@H]3COP(=O)(O)OC4[C@@H](O[Si](C)(C)C(C)(C)C)[C@@H](COP(C)(=O)O[C@H]2C3C)O[C@H]4n2cnc3c(NC(=O)c4ccccc4)ncnc32)c(=O)[nH]1.S=S=S=S=S=S=S=S=S=S=S=S=S=S=S.